The van der Waals surface area contributed by atoms with E-state index in [-0.39, 0.29) is 0 Å². The fourth-order valence-electron chi connectivity index (χ4n) is 2.03. The lowest BCUT2D eigenvalue weighted by molar-refractivity contribution is 0.193. The summed E-state index contributed by atoms with van der Waals surface area (Å²) in [6, 6.07) is 0. The number of nitrogens with one attached hydrogen (secondary N) is 1. The van der Waals surface area contributed by atoms with Gasteiger partial charge in [-0.25, -0.2) is 0 Å². The number of hydrogen-bond donors (Lipinski definition) is 1. The van der Waals surface area contributed by atoms with E-state index in [1.165, 1.54) is 38.9 Å². The molecule has 0 radical (unpaired) electrons. The molecule has 0 aromatic carbocycles. The summed E-state index contributed by atoms with van der Waals surface area (Å²) in [5.41, 5.74) is 0. The SMILES string of the molecule is CCN1CCC(C/C=C\CNC)CC1. The van der Waals surface area contributed by atoms with Crippen LogP contribution in [0, 0.1) is 5.92 Å². The number of allylic oxidation sites excluding steroid dienone is 1. The molecule has 0 amide bonds. The van der Waals surface area contributed by atoms with E-state index >= 15 is 0 Å². The summed E-state index contributed by atoms with van der Waals surface area (Å²) < 4.78 is 0. The van der Waals surface area contributed by atoms with Gasteiger partial charge in [0.2, 0.25) is 0 Å². The third-order valence-electron chi connectivity index (χ3n) is 3.11. The smallest absolute Gasteiger partial charge is 0.0131 e. The lowest BCUT2D eigenvalue weighted by atomic mass is 9.93. The lowest BCUT2D eigenvalue weighted by Gasteiger charge is -2.30. The Labute approximate surface area is 88.4 Å². The van der Waals surface area contributed by atoms with Crippen LogP contribution in [-0.4, -0.2) is 38.1 Å². The molecular formula is C12H24N2. The first-order valence-corrected chi connectivity index (χ1v) is 5.88. The number of nitrogens with zero attached hydrogens (tertiary/aromatic N) is 1. The zero-order valence-electron chi connectivity index (χ0n) is 9.63. The van der Waals surface area contributed by atoms with Gasteiger partial charge in [-0.1, -0.05) is 19.1 Å². The Morgan fingerprint density at radius 2 is 2.00 bits per heavy atom. The van der Waals surface area contributed by atoms with Crippen LogP contribution in [0.25, 0.3) is 0 Å². The van der Waals surface area contributed by atoms with Crippen molar-refractivity contribution in [2.45, 2.75) is 26.2 Å². The molecule has 1 N–H and O–H groups in total. The molecular weight excluding hydrogens is 172 g/mol. The van der Waals surface area contributed by atoms with Gasteiger partial charge in [-0.05, 0) is 51.9 Å². The fourth-order valence-corrected chi connectivity index (χ4v) is 2.03. The van der Waals surface area contributed by atoms with Crippen LogP contribution in [0.3, 0.4) is 0 Å². The van der Waals surface area contributed by atoms with Crippen molar-refractivity contribution in [3.63, 3.8) is 0 Å². The molecule has 1 aliphatic rings. The van der Waals surface area contributed by atoms with E-state index in [2.05, 4.69) is 29.3 Å². The van der Waals surface area contributed by atoms with E-state index in [0.29, 0.717) is 0 Å². The number of rotatable bonds is 5. The molecule has 2 nitrogen and oxygen atoms in total. The van der Waals surface area contributed by atoms with Crippen LogP contribution in [0.15, 0.2) is 12.2 Å². The summed E-state index contributed by atoms with van der Waals surface area (Å²) >= 11 is 0. The normalized spacial score (nSPS) is 20.7. The second-order valence-electron chi connectivity index (χ2n) is 4.14. The Hall–Kier alpha value is -0.340. The first kappa shape index (κ1) is 11.7. The van der Waals surface area contributed by atoms with Crippen molar-refractivity contribution in [1.82, 2.24) is 10.2 Å². The molecule has 1 rings (SSSR count). The molecule has 0 bridgehead atoms. The van der Waals surface area contributed by atoms with E-state index in [9.17, 15) is 0 Å². The summed E-state index contributed by atoms with van der Waals surface area (Å²) in [4.78, 5) is 2.55. The van der Waals surface area contributed by atoms with Gasteiger partial charge in [0.1, 0.15) is 0 Å². The largest absolute Gasteiger partial charge is 0.316 e. The van der Waals surface area contributed by atoms with E-state index in [0.717, 1.165) is 12.5 Å². The monoisotopic (exact) mass is 196 g/mol. The standard InChI is InChI=1S/C12H24N2/c1-3-14-10-7-12(8-11-14)6-4-5-9-13-2/h4-5,12-13H,3,6-11H2,1-2H3/b5-4-. The Bertz CT molecular complexity index is 158. The molecule has 1 aliphatic heterocycles. The van der Waals surface area contributed by atoms with Crippen molar-refractivity contribution >= 4 is 0 Å². The molecule has 14 heavy (non-hydrogen) atoms. The van der Waals surface area contributed by atoms with Crippen molar-refractivity contribution in [3.8, 4) is 0 Å². The van der Waals surface area contributed by atoms with Crippen LogP contribution in [0.5, 0.6) is 0 Å². The lowest BCUT2D eigenvalue weighted by Crippen LogP contribution is -2.33. The quantitative estimate of drug-likeness (QED) is 0.675. The molecule has 1 fully saturated rings. The topological polar surface area (TPSA) is 15.3 Å². The highest BCUT2D eigenvalue weighted by Gasteiger charge is 2.16. The van der Waals surface area contributed by atoms with Crippen molar-refractivity contribution in [3.05, 3.63) is 12.2 Å². The molecule has 0 aliphatic carbocycles. The van der Waals surface area contributed by atoms with E-state index in [1.54, 1.807) is 0 Å². The molecule has 82 valence electrons. The molecule has 2 heteroatoms. The zero-order chi connectivity index (χ0) is 10.2. The van der Waals surface area contributed by atoms with Crippen LogP contribution in [0.1, 0.15) is 26.2 Å². The van der Waals surface area contributed by atoms with Crippen molar-refractivity contribution in [1.29, 1.82) is 0 Å². The molecule has 0 aromatic heterocycles. The van der Waals surface area contributed by atoms with E-state index < -0.39 is 0 Å². The third-order valence-corrected chi connectivity index (χ3v) is 3.11. The predicted molar refractivity (Wildman–Crippen MR) is 62.5 cm³/mol. The van der Waals surface area contributed by atoms with E-state index in [1.807, 2.05) is 7.05 Å². The van der Waals surface area contributed by atoms with Gasteiger partial charge in [0.25, 0.3) is 0 Å². The Morgan fingerprint density at radius 3 is 2.57 bits per heavy atom. The summed E-state index contributed by atoms with van der Waals surface area (Å²) in [6.07, 6.45) is 8.63. The highest BCUT2D eigenvalue weighted by molar-refractivity contribution is 4.87. The summed E-state index contributed by atoms with van der Waals surface area (Å²) in [5.74, 6) is 0.936. The average molecular weight is 196 g/mol. The highest BCUT2D eigenvalue weighted by Crippen LogP contribution is 2.20. The van der Waals surface area contributed by atoms with Gasteiger partial charge in [-0.2, -0.15) is 0 Å². The van der Waals surface area contributed by atoms with Crippen LogP contribution in [0.4, 0.5) is 0 Å². The number of likely N-dealkylation sites (N-methyl/N-ethyl adjacent to an activating group) is 1. The predicted octanol–water partition coefficient (Wildman–Crippen LogP) is 1.88. The van der Waals surface area contributed by atoms with Crippen LogP contribution >= 0.6 is 0 Å². The minimum Gasteiger partial charge on any atom is -0.316 e. The van der Waals surface area contributed by atoms with Gasteiger partial charge in [-0.15, -0.1) is 0 Å². The molecule has 0 spiro atoms. The average Bonchev–Trinajstić information content (AvgIpc) is 2.25. The minimum absolute atomic E-state index is 0.936. The van der Waals surface area contributed by atoms with Gasteiger partial charge < -0.3 is 10.2 Å². The van der Waals surface area contributed by atoms with Crippen LogP contribution in [-0.2, 0) is 0 Å². The van der Waals surface area contributed by atoms with Gasteiger partial charge in [0.15, 0.2) is 0 Å². The molecule has 0 aromatic rings. The van der Waals surface area contributed by atoms with Gasteiger partial charge in [0.05, 0.1) is 0 Å². The second-order valence-corrected chi connectivity index (χ2v) is 4.14. The Balaban J connectivity index is 2.09. The molecule has 1 saturated heterocycles. The third kappa shape index (κ3) is 4.25. The van der Waals surface area contributed by atoms with Crippen molar-refractivity contribution in [2.24, 2.45) is 5.92 Å². The van der Waals surface area contributed by atoms with Gasteiger partial charge >= 0.3 is 0 Å². The van der Waals surface area contributed by atoms with Gasteiger partial charge in [-0.3, -0.25) is 0 Å². The fraction of sp³-hybridized carbons (Fsp3) is 0.833. The number of likely N-dealkylation sites (tertiary alicyclic amines) is 1. The maximum Gasteiger partial charge on any atom is 0.0131 e. The Kier molecular flexibility index (Phi) is 5.88. The Morgan fingerprint density at radius 1 is 1.29 bits per heavy atom. The maximum atomic E-state index is 3.13. The first-order valence-electron chi connectivity index (χ1n) is 5.88. The van der Waals surface area contributed by atoms with Crippen molar-refractivity contribution < 1.29 is 0 Å². The molecule has 0 unspecified atom stereocenters. The number of hydrogen-bond acceptors (Lipinski definition) is 2. The van der Waals surface area contributed by atoms with Gasteiger partial charge in [0, 0.05) is 6.54 Å². The van der Waals surface area contributed by atoms with Crippen LogP contribution < -0.4 is 5.32 Å². The maximum absolute atomic E-state index is 3.13. The molecule has 0 saturated carbocycles. The summed E-state index contributed by atoms with van der Waals surface area (Å²) in [6.45, 7) is 7.10. The zero-order valence-corrected chi connectivity index (χ0v) is 9.63. The molecule has 1 heterocycles. The first-order chi connectivity index (χ1) is 6.86. The van der Waals surface area contributed by atoms with Crippen molar-refractivity contribution in [2.75, 3.05) is 33.2 Å². The second kappa shape index (κ2) is 7.02. The number of piperidine rings is 1. The summed E-state index contributed by atoms with van der Waals surface area (Å²) in [7, 11) is 1.99. The molecule has 0 atom stereocenters. The minimum atomic E-state index is 0.936. The summed E-state index contributed by atoms with van der Waals surface area (Å²) in [5, 5.41) is 3.13. The van der Waals surface area contributed by atoms with E-state index in [4.69, 9.17) is 0 Å². The highest BCUT2D eigenvalue weighted by atomic mass is 15.1. The van der Waals surface area contributed by atoms with Crippen LogP contribution in [0.2, 0.25) is 0 Å².